The fraction of sp³-hybridized carbons (Fsp3) is 0.556. The van der Waals surface area contributed by atoms with E-state index in [-0.39, 0.29) is 5.72 Å². The van der Waals surface area contributed by atoms with Crippen LogP contribution in [0.25, 0.3) is 0 Å². The van der Waals surface area contributed by atoms with E-state index in [0.29, 0.717) is 0 Å². The van der Waals surface area contributed by atoms with Gasteiger partial charge in [0.1, 0.15) is 0 Å². The van der Waals surface area contributed by atoms with Crippen LogP contribution < -0.4 is 4.90 Å². The van der Waals surface area contributed by atoms with Crippen molar-refractivity contribution in [2.24, 2.45) is 0 Å². The van der Waals surface area contributed by atoms with Gasteiger partial charge in [0.05, 0.1) is 22.4 Å². The van der Waals surface area contributed by atoms with Gasteiger partial charge in [-0.15, -0.1) is 0 Å². The van der Waals surface area contributed by atoms with Crippen molar-refractivity contribution in [2.45, 2.75) is 89.9 Å². The second-order valence-corrected chi connectivity index (χ2v) is 11.5. The van der Waals surface area contributed by atoms with E-state index in [1.165, 1.54) is 0 Å². The third-order valence-corrected chi connectivity index (χ3v) is 8.06. The molecule has 34 heavy (non-hydrogen) atoms. The summed E-state index contributed by atoms with van der Waals surface area (Å²) in [5.41, 5.74) is 0.523. The number of nitrogens with zero attached hydrogens (tertiary/aromatic N) is 1. The van der Waals surface area contributed by atoms with E-state index in [1.54, 1.807) is 0 Å². The van der Waals surface area contributed by atoms with Gasteiger partial charge in [-0.25, -0.2) is 0 Å². The molecule has 0 spiro atoms. The standard InChI is InChI=1S/C27H39B2NO4/c1-24(2)25(3,4)32-28(31-24)23(29-33-26(5,6)27(7,8)34-29)19-20-30(21-15-11-9-12-16-21)22-17-13-10-14-18-22/h9-18,23H,19-20H2,1-8H3. The maximum absolute atomic E-state index is 6.52. The van der Waals surface area contributed by atoms with Gasteiger partial charge in [-0.2, -0.15) is 0 Å². The molecule has 0 atom stereocenters. The van der Waals surface area contributed by atoms with Gasteiger partial charge >= 0.3 is 14.2 Å². The Bertz CT molecular complexity index is 858. The molecular formula is C27H39B2NO4. The molecule has 0 radical (unpaired) electrons. The van der Waals surface area contributed by atoms with E-state index < -0.39 is 36.6 Å². The van der Waals surface area contributed by atoms with Gasteiger partial charge in [0, 0.05) is 23.6 Å². The Balaban J connectivity index is 1.63. The minimum Gasteiger partial charge on any atom is -0.403 e. The summed E-state index contributed by atoms with van der Waals surface area (Å²) in [7, 11) is -0.846. The van der Waals surface area contributed by atoms with Gasteiger partial charge in [0.2, 0.25) is 0 Å². The summed E-state index contributed by atoms with van der Waals surface area (Å²) >= 11 is 0. The maximum atomic E-state index is 6.52. The van der Waals surface area contributed by atoms with Crippen molar-refractivity contribution in [3.8, 4) is 0 Å². The molecule has 4 rings (SSSR count). The average Bonchev–Trinajstić information content (AvgIpc) is 3.11. The van der Waals surface area contributed by atoms with Gasteiger partial charge in [-0.1, -0.05) is 36.4 Å². The Morgan fingerprint density at radius 3 is 1.24 bits per heavy atom. The van der Waals surface area contributed by atoms with Crippen molar-refractivity contribution in [2.75, 3.05) is 11.4 Å². The summed E-state index contributed by atoms with van der Waals surface area (Å²) in [5, 5.41) is 0. The molecule has 0 saturated carbocycles. The molecular weight excluding hydrogens is 424 g/mol. The van der Waals surface area contributed by atoms with E-state index >= 15 is 0 Å². The summed E-state index contributed by atoms with van der Waals surface area (Å²) < 4.78 is 26.1. The van der Waals surface area contributed by atoms with Crippen LogP contribution in [0.2, 0.25) is 5.72 Å². The fourth-order valence-corrected chi connectivity index (χ4v) is 4.43. The first-order valence-corrected chi connectivity index (χ1v) is 12.4. The minimum atomic E-state index is -0.423. The summed E-state index contributed by atoms with van der Waals surface area (Å²) in [6.07, 6.45) is 0.775. The Hall–Kier alpha value is -1.79. The van der Waals surface area contributed by atoms with Crippen LogP contribution in [0.3, 0.4) is 0 Å². The first-order chi connectivity index (χ1) is 15.8. The lowest BCUT2D eigenvalue weighted by Gasteiger charge is -2.32. The molecule has 0 amide bonds. The average molecular weight is 463 g/mol. The largest absolute Gasteiger partial charge is 0.458 e. The number of benzene rings is 2. The predicted molar refractivity (Wildman–Crippen MR) is 140 cm³/mol. The molecule has 2 aromatic rings. The molecule has 5 nitrogen and oxygen atoms in total. The van der Waals surface area contributed by atoms with Gasteiger partial charge in [-0.05, 0) is 86.1 Å². The molecule has 2 fully saturated rings. The number of anilines is 2. The van der Waals surface area contributed by atoms with Crippen LogP contribution >= 0.6 is 0 Å². The Labute approximate surface area is 206 Å². The number of rotatable bonds is 7. The van der Waals surface area contributed by atoms with Crippen molar-refractivity contribution in [3.05, 3.63) is 60.7 Å². The van der Waals surface area contributed by atoms with Crippen LogP contribution in [0.4, 0.5) is 11.4 Å². The van der Waals surface area contributed by atoms with Crippen LogP contribution in [-0.2, 0) is 18.6 Å². The molecule has 0 aromatic heterocycles. The Morgan fingerprint density at radius 1 is 0.588 bits per heavy atom. The third-order valence-electron chi connectivity index (χ3n) is 8.06. The second-order valence-electron chi connectivity index (χ2n) is 11.5. The lowest BCUT2D eigenvalue weighted by molar-refractivity contribution is 0.00578. The Morgan fingerprint density at radius 2 is 0.912 bits per heavy atom. The van der Waals surface area contributed by atoms with Gasteiger partial charge < -0.3 is 23.5 Å². The molecule has 0 aliphatic carbocycles. The van der Waals surface area contributed by atoms with Crippen molar-refractivity contribution < 1.29 is 18.6 Å². The quantitative estimate of drug-likeness (QED) is 0.451. The lowest BCUT2D eigenvalue weighted by Crippen LogP contribution is -2.41. The zero-order valence-electron chi connectivity index (χ0n) is 22.0. The molecule has 2 heterocycles. The summed E-state index contributed by atoms with van der Waals surface area (Å²) in [4.78, 5) is 2.34. The normalized spacial score (nSPS) is 22.4. The van der Waals surface area contributed by atoms with Gasteiger partial charge in [0.15, 0.2) is 0 Å². The SMILES string of the molecule is CC1(C)OB(C(CCN(c2ccccc2)c2ccccc2)B2OC(C)(C)C(C)(C)O2)OC1(C)C. The molecule has 2 aromatic carbocycles. The summed E-state index contributed by atoms with van der Waals surface area (Å²) in [6, 6.07) is 21.0. The van der Waals surface area contributed by atoms with Crippen LogP contribution in [0, 0.1) is 0 Å². The molecule has 2 aliphatic rings. The van der Waals surface area contributed by atoms with E-state index in [0.717, 1.165) is 24.3 Å². The topological polar surface area (TPSA) is 40.2 Å². The highest BCUT2D eigenvalue weighted by atomic mass is 16.7. The lowest BCUT2D eigenvalue weighted by atomic mass is 9.50. The molecule has 0 N–H and O–H groups in total. The number of hydrogen-bond acceptors (Lipinski definition) is 5. The van der Waals surface area contributed by atoms with Crippen molar-refractivity contribution >= 4 is 25.6 Å². The van der Waals surface area contributed by atoms with Crippen molar-refractivity contribution in [1.82, 2.24) is 0 Å². The van der Waals surface area contributed by atoms with E-state index in [4.69, 9.17) is 18.6 Å². The van der Waals surface area contributed by atoms with E-state index in [1.807, 2.05) is 12.1 Å². The molecule has 2 saturated heterocycles. The highest BCUT2D eigenvalue weighted by Gasteiger charge is 2.61. The fourth-order valence-electron chi connectivity index (χ4n) is 4.43. The van der Waals surface area contributed by atoms with Crippen LogP contribution in [-0.4, -0.2) is 43.2 Å². The van der Waals surface area contributed by atoms with Crippen molar-refractivity contribution in [3.63, 3.8) is 0 Å². The maximum Gasteiger partial charge on any atom is 0.458 e. The van der Waals surface area contributed by atoms with Crippen LogP contribution in [0.15, 0.2) is 60.7 Å². The first-order valence-electron chi connectivity index (χ1n) is 12.4. The predicted octanol–water partition coefficient (Wildman–Crippen LogP) is 6.31. The first kappa shape index (κ1) is 25.3. The number of hydrogen-bond donors (Lipinski definition) is 0. The summed E-state index contributed by atoms with van der Waals surface area (Å²) in [6.45, 7) is 17.5. The minimum absolute atomic E-state index is 0.1000. The monoisotopic (exact) mass is 463 g/mol. The molecule has 182 valence electrons. The highest BCUT2D eigenvalue weighted by molar-refractivity contribution is 6.68. The van der Waals surface area contributed by atoms with Crippen LogP contribution in [0.1, 0.15) is 61.8 Å². The molecule has 0 unspecified atom stereocenters. The van der Waals surface area contributed by atoms with Crippen molar-refractivity contribution in [1.29, 1.82) is 0 Å². The third kappa shape index (κ3) is 4.81. The Kier molecular flexibility index (Phi) is 6.71. The zero-order chi connectivity index (χ0) is 24.8. The van der Waals surface area contributed by atoms with E-state index in [2.05, 4.69) is 109 Å². The second kappa shape index (κ2) is 9.01. The van der Waals surface area contributed by atoms with E-state index in [9.17, 15) is 0 Å². The molecule has 7 heteroatoms. The summed E-state index contributed by atoms with van der Waals surface area (Å²) in [5.74, 6) is 0. The number of para-hydroxylation sites is 2. The smallest absolute Gasteiger partial charge is 0.403 e. The van der Waals surface area contributed by atoms with Crippen LogP contribution in [0.5, 0.6) is 0 Å². The zero-order valence-corrected chi connectivity index (χ0v) is 22.0. The highest BCUT2D eigenvalue weighted by Crippen LogP contribution is 2.46. The van der Waals surface area contributed by atoms with Gasteiger partial charge in [0.25, 0.3) is 0 Å². The van der Waals surface area contributed by atoms with Gasteiger partial charge in [-0.3, -0.25) is 0 Å². The molecule has 0 bridgehead atoms. The molecule has 2 aliphatic heterocycles.